The number of carbonyl (C=O) groups excluding carboxylic acids is 1. The minimum Gasteiger partial charge on any atom is -0.298 e. The lowest BCUT2D eigenvalue weighted by atomic mass is 10.0. The Kier molecular flexibility index (Phi) is 3.28. The lowest BCUT2D eigenvalue weighted by Gasteiger charge is -2.23. The van der Waals surface area contributed by atoms with E-state index in [4.69, 9.17) is 6.42 Å². The molecule has 1 unspecified atom stereocenters. The van der Waals surface area contributed by atoms with E-state index in [2.05, 4.69) is 11.2 Å². The third-order valence-corrected chi connectivity index (χ3v) is 1.55. The predicted molar refractivity (Wildman–Crippen MR) is 46.2 cm³/mol. The second-order valence-electron chi connectivity index (χ2n) is 3.25. The molecule has 0 aromatic carbocycles. The molecule has 0 aromatic heterocycles. The summed E-state index contributed by atoms with van der Waals surface area (Å²) in [6.45, 7) is 7.09. The van der Waals surface area contributed by atoms with Gasteiger partial charge in [-0.15, -0.1) is 6.42 Å². The molecule has 0 rings (SSSR count). The van der Waals surface area contributed by atoms with Crippen LogP contribution in [0.4, 0.5) is 0 Å². The zero-order valence-electron chi connectivity index (χ0n) is 7.56. The van der Waals surface area contributed by atoms with Crippen molar-refractivity contribution in [1.82, 2.24) is 5.32 Å². The molecular formula is C9H15NO. The molecule has 0 saturated carbocycles. The van der Waals surface area contributed by atoms with E-state index in [-0.39, 0.29) is 11.8 Å². The SMILES string of the molecule is C#CC(C)(C)NC(C)C(C)=O. The van der Waals surface area contributed by atoms with Crippen LogP contribution in [0.1, 0.15) is 27.7 Å². The van der Waals surface area contributed by atoms with Crippen LogP contribution in [0, 0.1) is 12.3 Å². The Morgan fingerprint density at radius 2 is 2.09 bits per heavy atom. The Hall–Kier alpha value is -0.810. The topological polar surface area (TPSA) is 29.1 Å². The van der Waals surface area contributed by atoms with Crippen molar-refractivity contribution in [3.05, 3.63) is 0 Å². The van der Waals surface area contributed by atoms with Gasteiger partial charge in [-0.25, -0.2) is 0 Å². The lowest BCUT2D eigenvalue weighted by Crippen LogP contribution is -2.46. The summed E-state index contributed by atoms with van der Waals surface area (Å²) in [4.78, 5) is 10.8. The van der Waals surface area contributed by atoms with Gasteiger partial charge in [0.05, 0.1) is 11.6 Å². The van der Waals surface area contributed by atoms with E-state index in [0.29, 0.717) is 0 Å². The number of Topliss-reactive ketones (excluding diaryl/α,β-unsaturated/α-hetero) is 1. The molecule has 1 N–H and O–H groups in total. The van der Waals surface area contributed by atoms with Gasteiger partial charge in [0.25, 0.3) is 0 Å². The van der Waals surface area contributed by atoms with Crippen molar-refractivity contribution in [3.8, 4) is 12.3 Å². The summed E-state index contributed by atoms with van der Waals surface area (Å²) in [5, 5.41) is 3.02. The Bertz CT molecular complexity index is 188. The Balaban J connectivity index is 4.07. The molecule has 0 radical (unpaired) electrons. The Labute approximate surface area is 68.4 Å². The van der Waals surface area contributed by atoms with Crippen LogP contribution in [0.15, 0.2) is 0 Å². The fraction of sp³-hybridized carbons (Fsp3) is 0.667. The lowest BCUT2D eigenvalue weighted by molar-refractivity contribution is -0.118. The van der Waals surface area contributed by atoms with Crippen LogP contribution in [0.2, 0.25) is 0 Å². The molecular weight excluding hydrogens is 138 g/mol. The van der Waals surface area contributed by atoms with Gasteiger partial charge in [0.2, 0.25) is 0 Å². The average Bonchev–Trinajstić information content (AvgIpc) is 1.87. The molecule has 0 spiro atoms. The van der Waals surface area contributed by atoms with Crippen LogP contribution in [-0.4, -0.2) is 17.4 Å². The average molecular weight is 153 g/mol. The van der Waals surface area contributed by atoms with Crippen molar-refractivity contribution in [2.75, 3.05) is 0 Å². The molecule has 0 saturated heterocycles. The first kappa shape index (κ1) is 10.2. The third-order valence-electron chi connectivity index (χ3n) is 1.55. The van der Waals surface area contributed by atoms with Gasteiger partial charge in [-0.1, -0.05) is 5.92 Å². The number of hydrogen-bond acceptors (Lipinski definition) is 2. The second kappa shape index (κ2) is 3.54. The highest BCUT2D eigenvalue weighted by molar-refractivity contribution is 5.81. The van der Waals surface area contributed by atoms with Gasteiger partial charge >= 0.3 is 0 Å². The number of nitrogens with one attached hydrogen (secondary N) is 1. The first-order valence-electron chi connectivity index (χ1n) is 3.65. The first-order valence-corrected chi connectivity index (χ1v) is 3.65. The van der Waals surface area contributed by atoms with E-state index in [9.17, 15) is 4.79 Å². The summed E-state index contributed by atoms with van der Waals surface area (Å²) >= 11 is 0. The van der Waals surface area contributed by atoms with E-state index in [1.807, 2.05) is 13.8 Å². The quantitative estimate of drug-likeness (QED) is 0.612. The molecule has 0 bridgehead atoms. The van der Waals surface area contributed by atoms with Crippen molar-refractivity contribution in [2.24, 2.45) is 0 Å². The predicted octanol–water partition coefficient (Wildman–Crippen LogP) is 0.965. The Morgan fingerprint density at radius 3 is 2.36 bits per heavy atom. The number of terminal acetylenes is 1. The largest absolute Gasteiger partial charge is 0.298 e. The number of ketones is 1. The monoisotopic (exact) mass is 153 g/mol. The van der Waals surface area contributed by atoms with Gasteiger partial charge < -0.3 is 0 Å². The van der Waals surface area contributed by atoms with Crippen molar-refractivity contribution in [3.63, 3.8) is 0 Å². The molecule has 1 atom stereocenters. The molecule has 0 aromatic rings. The molecule has 11 heavy (non-hydrogen) atoms. The molecule has 2 heteroatoms. The first-order chi connectivity index (χ1) is 4.89. The molecule has 0 aliphatic heterocycles. The van der Waals surface area contributed by atoms with Crippen molar-refractivity contribution < 1.29 is 4.79 Å². The molecule has 2 nitrogen and oxygen atoms in total. The summed E-state index contributed by atoms with van der Waals surface area (Å²) in [5.41, 5.74) is -0.398. The highest BCUT2D eigenvalue weighted by Crippen LogP contribution is 2.01. The van der Waals surface area contributed by atoms with Gasteiger partial charge in [0.15, 0.2) is 0 Å². The highest BCUT2D eigenvalue weighted by Gasteiger charge is 2.18. The zero-order chi connectivity index (χ0) is 9.07. The summed E-state index contributed by atoms with van der Waals surface area (Å²) in [5.74, 6) is 2.67. The fourth-order valence-electron chi connectivity index (χ4n) is 0.685. The smallest absolute Gasteiger partial charge is 0.146 e. The van der Waals surface area contributed by atoms with Gasteiger partial charge in [0.1, 0.15) is 5.78 Å². The molecule has 62 valence electrons. The molecule has 0 amide bonds. The minimum atomic E-state index is -0.398. The van der Waals surface area contributed by atoms with Gasteiger partial charge in [-0.05, 0) is 27.7 Å². The van der Waals surface area contributed by atoms with Gasteiger partial charge in [-0.3, -0.25) is 10.1 Å². The van der Waals surface area contributed by atoms with E-state index in [0.717, 1.165) is 0 Å². The Morgan fingerprint density at radius 1 is 1.64 bits per heavy atom. The fourth-order valence-corrected chi connectivity index (χ4v) is 0.685. The summed E-state index contributed by atoms with van der Waals surface area (Å²) in [7, 11) is 0. The van der Waals surface area contributed by atoms with Crippen molar-refractivity contribution >= 4 is 5.78 Å². The second-order valence-corrected chi connectivity index (χ2v) is 3.25. The number of carbonyl (C=O) groups is 1. The maximum atomic E-state index is 10.8. The number of rotatable bonds is 3. The molecule has 0 aliphatic rings. The van der Waals surface area contributed by atoms with Crippen molar-refractivity contribution in [1.29, 1.82) is 0 Å². The molecule has 0 aliphatic carbocycles. The van der Waals surface area contributed by atoms with E-state index in [1.54, 1.807) is 13.8 Å². The molecule has 0 heterocycles. The summed E-state index contributed by atoms with van der Waals surface area (Å²) in [6, 6.07) is -0.166. The van der Waals surface area contributed by atoms with Crippen LogP contribution < -0.4 is 5.32 Å². The van der Waals surface area contributed by atoms with Crippen LogP contribution in [0.25, 0.3) is 0 Å². The third kappa shape index (κ3) is 3.79. The standard InChI is InChI=1S/C9H15NO/c1-6-9(4,5)10-7(2)8(3)11/h1,7,10H,2-5H3. The summed E-state index contributed by atoms with van der Waals surface area (Å²) in [6.07, 6.45) is 5.23. The van der Waals surface area contributed by atoms with Gasteiger partial charge in [-0.2, -0.15) is 0 Å². The minimum absolute atomic E-state index is 0.105. The maximum Gasteiger partial charge on any atom is 0.146 e. The van der Waals surface area contributed by atoms with Crippen LogP contribution in [-0.2, 0) is 4.79 Å². The van der Waals surface area contributed by atoms with Crippen molar-refractivity contribution in [2.45, 2.75) is 39.3 Å². The van der Waals surface area contributed by atoms with Gasteiger partial charge in [0, 0.05) is 0 Å². The normalized spacial score (nSPS) is 13.7. The van der Waals surface area contributed by atoms with E-state index >= 15 is 0 Å². The van der Waals surface area contributed by atoms with E-state index in [1.165, 1.54) is 0 Å². The van der Waals surface area contributed by atoms with Crippen LogP contribution >= 0.6 is 0 Å². The maximum absolute atomic E-state index is 10.8. The van der Waals surface area contributed by atoms with Crippen LogP contribution in [0.5, 0.6) is 0 Å². The highest BCUT2D eigenvalue weighted by atomic mass is 16.1. The van der Waals surface area contributed by atoms with Crippen LogP contribution in [0.3, 0.4) is 0 Å². The number of hydrogen-bond donors (Lipinski definition) is 1. The summed E-state index contributed by atoms with van der Waals surface area (Å²) < 4.78 is 0. The zero-order valence-corrected chi connectivity index (χ0v) is 7.56. The molecule has 0 fully saturated rings. The van der Waals surface area contributed by atoms with E-state index < -0.39 is 5.54 Å².